The number of carbonyl (C=O) groups is 1. The summed E-state index contributed by atoms with van der Waals surface area (Å²) in [6.07, 6.45) is -3.17. The number of methoxy groups -OCH3 is 1. The third kappa shape index (κ3) is 3.84. The Labute approximate surface area is 154 Å². The van der Waals surface area contributed by atoms with Gasteiger partial charge in [-0.05, 0) is 25.1 Å². The van der Waals surface area contributed by atoms with E-state index in [1.54, 1.807) is 4.90 Å². The highest BCUT2D eigenvalue weighted by molar-refractivity contribution is 5.93. The molecule has 0 aliphatic carbocycles. The summed E-state index contributed by atoms with van der Waals surface area (Å²) >= 11 is 0. The van der Waals surface area contributed by atoms with Crippen LogP contribution in [-0.4, -0.2) is 59.6 Å². The molecule has 0 saturated carbocycles. The summed E-state index contributed by atoms with van der Waals surface area (Å²) in [6.45, 7) is 3.15. The van der Waals surface area contributed by atoms with E-state index in [1.807, 2.05) is 6.92 Å². The van der Waals surface area contributed by atoms with Crippen molar-refractivity contribution in [2.75, 3.05) is 33.5 Å². The maximum absolute atomic E-state index is 13.2. The van der Waals surface area contributed by atoms with Crippen LogP contribution in [0.15, 0.2) is 36.5 Å². The fraction of sp³-hybridized carbons (Fsp3) is 0.444. The Morgan fingerprint density at radius 2 is 2.07 bits per heavy atom. The molecule has 2 aromatic rings. The molecule has 3 rings (SSSR count). The molecule has 1 aromatic carbocycles. The highest BCUT2D eigenvalue weighted by Gasteiger charge is 2.40. The van der Waals surface area contributed by atoms with E-state index in [-0.39, 0.29) is 23.9 Å². The van der Waals surface area contributed by atoms with Crippen molar-refractivity contribution in [3.05, 3.63) is 47.8 Å². The predicted octanol–water partition coefficient (Wildman–Crippen LogP) is 2.77. The lowest BCUT2D eigenvalue weighted by molar-refractivity contribution is -0.137. The SMILES string of the molecule is COCC1(C)COCCN1C(=O)c1ccn(-c2ccccc2C(F)(F)F)n1. The summed E-state index contributed by atoms with van der Waals surface area (Å²) in [5.74, 6) is -0.374. The van der Waals surface area contributed by atoms with Gasteiger partial charge in [-0.25, -0.2) is 4.68 Å². The van der Waals surface area contributed by atoms with Crippen molar-refractivity contribution in [2.45, 2.75) is 18.6 Å². The van der Waals surface area contributed by atoms with Crippen LogP contribution >= 0.6 is 0 Å². The number of benzene rings is 1. The Hall–Kier alpha value is -2.39. The smallest absolute Gasteiger partial charge is 0.382 e. The summed E-state index contributed by atoms with van der Waals surface area (Å²) in [6, 6.07) is 6.51. The first kappa shape index (κ1) is 19.4. The van der Waals surface area contributed by atoms with E-state index in [1.165, 1.54) is 37.6 Å². The van der Waals surface area contributed by atoms with Gasteiger partial charge in [0.25, 0.3) is 5.91 Å². The first-order valence-electron chi connectivity index (χ1n) is 8.37. The van der Waals surface area contributed by atoms with Crippen LogP contribution in [0.3, 0.4) is 0 Å². The second-order valence-corrected chi connectivity index (χ2v) is 6.60. The lowest BCUT2D eigenvalue weighted by Gasteiger charge is -2.43. The van der Waals surface area contributed by atoms with Crippen LogP contribution in [0, 0.1) is 0 Å². The van der Waals surface area contributed by atoms with Crippen molar-refractivity contribution in [3.63, 3.8) is 0 Å². The second-order valence-electron chi connectivity index (χ2n) is 6.60. The number of halogens is 3. The van der Waals surface area contributed by atoms with Gasteiger partial charge in [-0.3, -0.25) is 4.79 Å². The van der Waals surface area contributed by atoms with Crippen molar-refractivity contribution in [2.24, 2.45) is 0 Å². The van der Waals surface area contributed by atoms with E-state index in [2.05, 4.69) is 5.10 Å². The number of hydrogen-bond donors (Lipinski definition) is 0. The molecule has 1 saturated heterocycles. The second kappa shape index (κ2) is 7.32. The maximum atomic E-state index is 13.2. The number of para-hydroxylation sites is 1. The first-order valence-corrected chi connectivity index (χ1v) is 8.37. The Kier molecular flexibility index (Phi) is 5.25. The van der Waals surface area contributed by atoms with Gasteiger partial charge in [-0.15, -0.1) is 0 Å². The maximum Gasteiger partial charge on any atom is 0.418 e. The highest BCUT2D eigenvalue weighted by atomic mass is 19.4. The van der Waals surface area contributed by atoms with E-state index in [9.17, 15) is 18.0 Å². The minimum absolute atomic E-state index is 0.0659. The highest BCUT2D eigenvalue weighted by Crippen LogP contribution is 2.33. The molecular formula is C18H20F3N3O3. The Balaban J connectivity index is 1.91. The molecule has 1 fully saturated rings. The van der Waals surface area contributed by atoms with Gasteiger partial charge in [-0.1, -0.05) is 12.1 Å². The number of rotatable bonds is 4. The summed E-state index contributed by atoms with van der Waals surface area (Å²) < 4.78 is 51.4. The summed E-state index contributed by atoms with van der Waals surface area (Å²) in [4.78, 5) is 14.5. The summed E-state index contributed by atoms with van der Waals surface area (Å²) in [5, 5.41) is 4.10. The van der Waals surface area contributed by atoms with Crippen LogP contribution in [0.1, 0.15) is 23.0 Å². The fourth-order valence-corrected chi connectivity index (χ4v) is 3.20. The number of morpholine rings is 1. The van der Waals surface area contributed by atoms with Gasteiger partial charge in [0.15, 0.2) is 5.69 Å². The fourth-order valence-electron chi connectivity index (χ4n) is 3.20. The third-order valence-corrected chi connectivity index (χ3v) is 4.49. The number of ether oxygens (including phenoxy) is 2. The Morgan fingerprint density at radius 3 is 2.78 bits per heavy atom. The average Bonchev–Trinajstić information content (AvgIpc) is 3.11. The normalized spacial score (nSPS) is 20.7. The zero-order chi connectivity index (χ0) is 19.7. The van der Waals surface area contributed by atoms with Crippen LogP contribution < -0.4 is 0 Å². The van der Waals surface area contributed by atoms with E-state index < -0.39 is 17.3 Å². The van der Waals surface area contributed by atoms with Crippen molar-refractivity contribution in [1.82, 2.24) is 14.7 Å². The third-order valence-electron chi connectivity index (χ3n) is 4.49. The minimum atomic E-state index is -4.52. The van der Waals surface area contributed by atoms with Gasteiger partial charge in [-0.2, -0.15) is 18.3 Å². The standard InChI is InChI=1S/C18H20F3N3O3/c1-17(11-26-2)12-27-10-9-23(17)16(25)14-7-8-24(22-14)15-6-4-3-5-13(15)18(19,20)21/h3-8H,9-12H2,1-2H3. The molecule has 9 heteroatoms. The molecule has 1 aromatic heterocycles. The molecular weight excluding hydrogens is 363 g/mol. The molecule has 27 heavy (non-hydrogen) atoms. The zero-order valence-electron chi connectivity index (χ0n) is 15.0. The van der Waals surface area contributed by atoms with Crippen LogP contribution in [0.25, 0.3) is 5.69 Å². The van der Waals surface area contributed by atoms with Crippen LogP contribution in [0.2, 0.25) is 0 Å². The average molecular weight is 383 g/mol. The minimum Gasteiger partial charge on any atom is -0.382 e. The molecule has 0 radical (unpaired) electrons. The monoisotopic (exact) mass is 383 g/mol. The number of amides is 1. The number of nitrogens with zero attached hydrogens (tertiary/aromatic N) is 3. The van der Waals surface area contributed by atoms with Crippen molar-refractivity contribution in [1.29, 1.82) is 0 Å². The Bertz CT molecular complexity index is 817. The Morgan fingerprint density at radius 1 is 1.33 bits per heavy atom. The quantitative estimate of drug-likeness (QED) is 0.815. The molecule has 1 aliphatic heterocycles. The van der Waals surface area contributed by atoms with Gasteiger partial charge in [0, 0.05) is 19.9 Å². The van der Waals surface area contributed by atoms with Gasteiger partial charge in [0.1, 0.15) is 0 Å². The van der Waals surface area contributed by atoms with Crippen LogP contribution in [0.5, 0.6) is 0 Å². The van der Waals surface area contributed by atoms with E-state index in [0.717, 1.165) is 10.7 Å². The molecule has 0 spiro atoms. The lowest BCUT2D eigenvalue weighted by atomic mass is 10.00. The predicted molar refractivity (Wildman–Crippen MR) is 90.7 cm³/mol. The number of alkyl halides is 3. The molecule has 1 aliphatic rings. The van der Waals surface area contributed by atoms with Gasteiger partial charge in [0.05, 0.1) is 36.6 Å². The summed E-state index contributed by atoms with van der Waals surface area (Å²) in [7, 11) is 1.53. The summed E-state index contributed by atoms with van der Waals surface area (Å²) in [5.41, 5.74) is -1.55. The van der Waals surface area contributed by atoms with Crippen LogP contribution in [-0.2, 0) is 15.7 Å². The molecule has 1 unspecified atom stereocenters. The van der Waals surface area contributed by atoms with E-state index in [0.29, 0.717) is 19.8 Å². The van der Waals surface area contributed by atoms with Crippen molar-refractivity contribution >= 4 is 5.91 Å². The molecule has 0 N–H and O–H groups in total. The number of aromatic nitrogens is 2. The van der Waals surface area contributed by atoms with Crippen molar-refractivity contribution in [3.8, 4) is 5.69 Å². The number of hydrogen-bond acceptors (Lipinski definition) is 4. The van der Waals surface area contributed by atoms with Gasteiger partial charge >= 0.3 is 6.18 Å². The van der Waals surface area contributed by atoms with E-state index >= 15 is 0 Å². The lowest BCUT2D eigenvalue weighted by Crippen LogP contribution is -2.59. The topological polar surface area (TPSA) is 56.6 Å². The van der Waals surface area contributed by atoms with Gasteiger partial charge in [0.2, 0.25) is 0 Å². The number of carbonyl (C=O) groups excluding carboxylic acids is 1. The van der Waals surface area contributed by atoms with E-state index in [4.69, 9.17) is 9.47 Å². The largest absolute Gasteiger partial charge is 0.418 e. The zero-order valence-corrected chi connectivity index (χ0v) is 15.0. The molecule has 1 atom stereocenters. The van der Waals surface area contributed by atoms with Crippen LogP contribution in [0.4, 0.5) is 13.2 Å². The molecule has 6 nitrogen and oxygen atoms in total. The first-order chi connectivity index (χ1) is 12.8. The van der Waals surface area contributed by atoms with Crippen molar-refractivity contribution < 1.29 is 27.4 Å². The van der Waals surface area contributed by atoms with Gasteiger partial charge < -0.3 is 14.4 Å². The molecule has 0 bridgehead atoms. The molecule has 146 valence electrons. The molecule has 1 amide bonds. The molecule has 2 heterocycles.